The maximum atomic E-state index is 13.3. The highest BCUT2D eigenvalue weighted by molar-refractivity contribution is 5.94. The molecule has 0 saturated heterocycles. The van der Waals surface area contributed by atoms with Crippen molar-refractivity contribution in [1.29, 1.82) is 0 Å². The molecule has 154 valence electrons. The summed E-state index contributed by atoms with van der Waals surface area (Å²) < 4.78 is 14.7. The maximum Gasteiger partial charge on any atom is 0.270 e. The molecule has 0 aliphatic heterocycles. The van der Waals surface area contributed by atoms with Gasteiger partial charge in [0.25, 0.3) is 11.6 Å². The Morgan fingerprint density at radius 2 is 1.68 bits per heavy atom. The normalized spacial score (nSPS) is 10.6. The van der Waals surface area contributed by atoms with E-state index >= 15 is 0 Å². The number of nitro benzene ring substituents is 1. The Labute approximate surface area is 176 Å². The van der Waals surface area contributed by atoms with Crippen molar-refractivity contribution in [3.8, 4) is 16.9 Å². The van der Waals surface area contributed by atoms with Crippen molar-refractivity contribution in [2.45, 2.75) is 6.54 Å². The molecule has 1 amide bonds. The average molecular weight is 416 g/mol. The minimum Gasteiger partial charge on any atom is -0.347 e. The Bertz CT molecular complexity index is 1220. The van der Waals surface area contributed by atoms with Gasteiger partial charge in [0.05, 0.1) is 16.3 Å². The number of amides is 1. The van der Waals surface area contributed by atoms with Gasteiger partial charge in [0.2, 0.25) is 0 Å². The summed E-state index contributed by atoms with van der Waals surface area (Å²) in [6, 6.07) is 22.6. The molecule has 0 aliphatic rings. The number of carbonyl (C=O) groups excluding carboxylic acids is 1. The molecule has 0 bridgehead atoms. The molecule has 0 radical (unpaired) electrons. The van der Waals surface area contributed by atoms with E-state index in [4.69, 9.17) is 0 Å². The Morgan fingerprint density at radius 3 is 2.32 bits per heavy atom. The topological polar surface area (TPSA) is 90.1 Å². The van der Waals surface area contributed by atoms with Crippen LogP contribution >= 0.6 is 0 Å². The van der Waals surface area contributed by atoms with E-state index in [0.717, 1.165) is 5.56 Å². The van der Waals surface area contributed by atoms with Gasteiger partial charge in [0.1, 0.15) is 11.5 Å². The van der Waals surface area contributed by atoms with Gasteiger partial charge < -0.3 is 5.32 Å². The summed E-state index contributed by atoms with van der Waals surface area (Å²) in [7, 11) is 0. The van der Waals surface area contributed by atoms with Gasteiger partial charge in [-0.2, -0.15) is 5.10 Å². The zero-order chi connectivity index (χ0) is 21.8. The monoisotopic (exact) mass is 416 g/mol. The summed E-state index contributed by atoms with van der Waals surface area (Å²) >= 11 is 0. The van der Waals surface area contributed by atoms with E-state index in [1.165, 1.54) is 41.1 Å². The Morgan fingerprint density at radius 1 is 1.00 bits per heavy atom. The van der Waals surface area contributed by atoms with Crippen LogP contribution in [-0.2, 0) is 6.54 Å². The fourth-order valence-corrected chi connectivity index (χ4v) is 3.09. The van der Waals surface area contributed by atoms with E-state index in [1.807, 2.05) is 30.3 Å². The lowest BCUT2D eigenvalue weighted by Gasteiger charge is -2.08. The average Bonchev–Trinajstić information content (AvgIpc) is 3.24. The predicted octanol–water partition coefficient (Wildman–Crippen LogP) is 4.52. The second-order valence-corrected chi connectivity index (χ2v) is 6.78. The molecule has 0 spiro atoms. The first-order chi connectivity index (χ1) is 15.0. The van der Waals surface area contributed by atoms with Crippen molar-refractivity contribution in [2.24, 2.45) is 0 Å². The van der Waals surface area contributed by atoms with E-state index in [2.05, 4.69) is 10.4 Å². The third-order valence-corrected chi connectivity index (χ3v) is 4.68. The van der Waals surface area contributed by atoms with Crippen LogP contribution in [0.15, 0.2) is 84.9 Å². The first kappa shape index (κ1) is 20.0. The van der Waals surface area contributed by atoms with E-state index < -0.39 is 4.92 Å². The lowest BCUT2D eigenvalue weighted by molar-refractivity contribution is -0.384. The minimum atomic E-state index is -0.496. The number of nitrogens with zero attached hydrogens (tertiary/aromatic N) is 3. The number of nitro groups is 1. The van der Waals surface area contributed by atoms with Crippen molar-refractivity contribution in [2.75, 3.05) is 0 Å². The highest BCUT2D eigenvalue weighted by atomic mass is 19.1. The van der Waals surface area contributed by atoms with Crippen molar-refractivity contribution in [3.05, 3.63) is 112 Å². The zero-order valence-electron chi connectivity index (χ0n) is 16.2. The molecular formula is C23H17FN4O3. The van der Waals surface area contributed by atoms with Crippen LogP contribution in [0, 0.1) is 15.9 Å². The first-order valence-electron chi connectivity index (χ1n) is 9.44. The molecular weight excluding hydrogens is 399 g/mol. The van der Waals surface area contributed by atoms with Gasteiger partial charge in [0.15, 0.2) is 0 Å². The van der Waals surface area contributed by atoms with Crippen molar-refractivity contribution in [3.63, 3.8) is 0 Å². The van der Waals surface area contributed by atoms with Crippen LogP contribution in [0.3, 0.4) is 0 Å². The largest absolute Gasteiger partial charge is 0.347 e. The number of hydrogen-bond donors (Lipinski definition) is 1. The van der Waals surface area contributed by atoms with Gasteiger partial charge in [-0.3, -0.25) is 14.9 Å². The fourth-order valence-electron chi connectivity index (χ4n) is 3.09. The summed E-state index contributed by atoms with van der Waals surface area (Å²) in [4.78, 5) is 23.4. The van der Waals surface area contributed by atoms with Crippen LogP contribution in [0.2, 0.25) is 0 Å². The molecule has 1 N–H and O–H groups in total. The Balaban J connectivity index is 1.69. The lowest BCUT2D eigenvalue weighted by atomic mass is 10.1. The van der Waals surface area contributed by atoms with Crippen LogP contribution < -0.4 is 5.32 Å². The molecule has 8 heteroatoms. The Kier molecular flexibility index (Phi) is 5.53. The number of hydrogen-bond acceptors (Lipinski definition) is 4. The van der Waals surface area contributed by atoms with E-state index in [0.29, 0.717) is 23.5 Å². The molecule has 1 aromatic heterocycles. The van der Waals surface area contributed by atoms with E-state index in [9.17, 15) is 19.3 Å². The van der Waals surface area contributed by atoms with Crippen LogP contribution in [0.25, 0.3) is 16.9 Å². The van der Waals surface area contributed by atoms with Gasteiger partial charge in [-0.1, -0.05) is 30.3 Å². The molecule has 0 saturated carbocycles. The summed E-state index contributed by atoms with van der Waals surface area (Å²) in [6.07, 6.45) is 0. The minimum absolute atomic E-state index is 0.0651. The molecule has 4 rings (SSSR count). The maximum absolute atomic E-state index is 13.3. The van der Waals surface area contributed by atoms with Crippen LogP contribution in [0.4, 0.5) is 10.1 Å². The molecule has 3 aromatic carbocycles. The second kappa shape index (κ2) is 8.58. The molecule has 0 aliphatic carbocycles. The number of carbonyl (C=O) groups is 1. The van der Waals surface area contributed by atoms with Gasteiger partial charge in [-0.05, 0) is 48.0 Å². The predicted molar refractivity (Wildman–Crippen MR) is 113 cm³/mol. The van der Waals surface area contributed by atoms with Crippen molar-refractivity contribution < 1.29 is 14.1 Å². The molecule has 0 unspecified atom stereocenters. The highest BCUT2D eigenvalue weighted by Crippen LogP contribution is 2.23. The molecule has 0 fully saturated rings. The van der Waals surface area contributed by atoms with E-state index in [1.54, 1.807) is 18.2 Å². The molecule has 31 heavy (non-hydrogen) atoms. The number of non-ortho nitro benzene ring substituents is 1. The smallest absolute Gasteiger partial charge is 0.270 e. The van der Waals surface area contributed by atoms with Crippen LogP contribution in [0.5, 0.6) is 0 Å². The number of benzene rings is 3. The van der Waals surface area contributed by atoms with Gasteiger partial charge in [-0.25, -0.2) is 9.07 Å². The fraction of sp³-hybridized carbons (Fsp3) is 0.0435. The zero-order valence-corrected chi connectivity index (χ0v) is 16.2. The number of aromatic nitrogens is 2. The third-order valence-electron chi connectivity index (χ3n) is 4.68. The third kappa shape index (κ3) is 4.48. The van der Waals surface area contributed by atoms with Crippen molar-refractivity contribution >= 4 is 11.6 Å². The number of nitrogens with one attached hydrogen (secondary N) is 1. The molecule has 7 nitrogen and oxygen atoms in total. The summed E-state index contributed by atoms with van der Waals surface area (Å²) in [5.74, 6) is -0.734. The number of rotatable bonds is 6. The van der Waals surface area contributed by atoms with Crippen LogP contribution in [-0.4, -0.2) is 20.6 Å². The van der Waals surface area contributed by atoms with Crippen LogP contribution in [0.1, 0.15) is 16.1 Å². The van der Waals surface area contributed by atoms with Gasteiger partial charge in [-0.15, -0.1) is 0 Å². The van der Waals surface area contributed by atoms with E-state index in [-0.39, 0.29) is 23.1 Å². The Hall–Kier alpha value is -4.33. The number of halogens is 1. The molecule has 1 heterocycles. The molecule has 4 aromatic rings. The second-order valence-electron chi connectivity index (χ2n) is 6.78. The SMILES string of the molecule is O=C(NCc1ccccc1)c1cc(-c2ccc(F)cc2)nn1-c1ccc([N+](=O)[O-])cc1. The first-order valence-corrected chi connectivity index (χ1v) is 9.44. The quantitative estimate of drug-likeness (QED) is 0.370. The van der Waals surface area contributed by atoms with Gasteiger partial charge in [0, 0.05) is 24.2 Å². The summed E-state index contributed by atoms with van der Waals surface area (Å²) in [5, 5.41) is 18.3. The summed E-state index contributed by atoms with van der Waals surface area (Å²) in [6.45, 7) is 0.330. The highest BCUT2D eigenvalue weighted by Gasteiger charge is 2.18. The summed E-state index contributed by atoms with van der Waals surface area (Å²) in [5.41, 5.74) is 2.73. The van der Waals surface area contributed by atoms with Gasteiger partial charge >= 0.3 is 0 Å². The standard InChI is InChI=1S/C23H17FN4O3/c24-18-8-6-17(7-9-18)21-14-22(23(29)25-15-16-4-2-1-3-5-16)27(26-21)19-10-12-20(13-11-19)28(30)31/h1-14H,15H2,(H,25,29). The molecule has 0 atom stereocenters. The van der Waals surface area contributed by atoms with Crippen molar-refractivity contribution in [1.82, 2.24) is 15.1 Å². The lowest BCUT2D eigenvalue weighted by Crippen LogP contribution is -2.25.